The highest BCUT2D eigenvalue weighted by molar-refractivity contribution is 5.73. The van der Waals surface area contributed by atoms with E-state index in [1.165, 1.54) is 0 Å². The first kappa shape index (κ1) is 31.8. The first-order valence-corrected chi connectivity index (χ1v) is 15.7. The fourth-order valence-electron chi connectivity index (χ4n) is 6.04. The van der Waals surface area contributed by atoms with Crippen molar-refractivity contribution in [2.45, 2.75) is 64.9 Å². The molecule has 1 amide bonds. The number of carbonyl (C=O) groups is 1. The molecule has 5 rings (SSSR count). The zero-order valence-corrected chi connectivity index (χ0v) is 26.7. The summed E-state index contributed by atoms with van der Waals surface area (Å²) in [6, 6.07) is 29.9. The van der Waals surface area contributed by atoms with Gasteiger partial charge in [0.15, 0.2) is 29.2 Å². The van der Waals surface area contributed by atoms with Crippen LogP contribution < -0.4 is 23.7 Å². The monoisotopic (exact) mass is 609 g/mol. The van der Waals surface area contributed by atoms with Crippen LogP contribution in [0.2, 0.25) is 0 Å². The predicted molar refractivity (Wildman–Crippen MR) is 175 cm³/mol. The molecule has 0 bridgehead atoms. The van der Waals surface area contributed by atoms with E-state index in [0.29, 0.717) is 42.8 Å². The summed E-state index contributed by atoms with van der Waals surface area (Å²) in [7, 11) is 3.21. The number of nitrogens with zero attached hydrogens (tertiary/aromatic N) is 1. The Morgan fingerprint density at radius 3 is 1.98 bits per heavy atom. The number of carbonyl (C=O) groups excluding carboxylic acids is 1. The third kappa shape index (κ3) is 7.54. The number of amides is 1. The summed E-state index contributed by atoms with van der Waals surface area (Å²) in [5.41, 5.74) is 4.34. The van der Waals surface area contributed by atoms with Crippen LogP contribution in [0.4, 0.5) is 0 Å². The summed E-state index contributed by atoms with van der Waals surface area (Å²) in [4.78, 5) is 15.0. The molecule has 0 heterocycles. The van der Waals surface area contributed by atoms with Crippen LogP contribution in [-0.4, -0.2) is 37.8 Å². The van der Waals surface area contributed by atoms with Gasteiger partial charge in [-0.2, -0.15) is 0 Å². The number of rotatable bonds is 14. The van der Waals surface area contributed by atoms with Crippen LogP contribution in [0.1, 0.15) is 61.3 Å². The summed E-state index contributed by atoms with van der Waals surface area (Å²) >= 11 is 0. The SMILES string of the molecule is CCCN(C(C)=O)C(Oc1c(OC)cccc1OC)C1CCCc2c1ccc(OCc1ccccc1)c2OCc1ccccc1. The molecule has 2 atom stereocenters. The minimum absolute atomic E-state index is 0.0498. The van der Waals surface area contributed by atoms with Crippen molar-refractivity contribution in [1.29, 1.82) is 0 Å². The predicted octanol–water partition coefficient (Wildman–Crippen LogP) is 7.95. The van der Waals surface area contributed by atoms with Gasteiger partial charge in [0.2, 0.25) is 11.7 Å². The molecule has 0 N–H and O–H groups in total. The molecule has 7 nitrogen and oxygen atoms in total. The first-order valence-electron chi connectivity index (χ1n) is 15.7. The topological polar surface area (TPSA) is 66.5 Å². The molecule has 0 saturated carbocycles. The number of methoxy groups -OCH3 is 2. The molecule has 236 valence electrons. The highest BCUT2D eigenvalue weighted by Gasteiger charge is 2.38. The van der Waals surface area contributed by atoms with E-state index in [4.69, 9.17) is 23.7 Å². The zero-order chi connectivity index (χ0) is 31.6. The Balaban J connectivity index is 1.57. The molecule has 0 radical (unpaired) electrons. The van der Waals surface area contributed by atoms with Crippen LogP contribution in [0, 0.1) is 0 Å². The van der Waals surface area contributed by atoms with Gasteiger partial charge in [0.1, 0.15) is 13.2 Å². The Kier molecular flexibility index (Phi) is 10.9. The normalized spacial score (nSPS) is 14.5. The van der Waals surface area contributed by atoms with Gasteiger partial charge in [-0.1, -0.05) is 79.7 Å². The van der Waals surface area contributed by atoms with E-state index in [1.807, 2.05) is 65.6 Å². The average Bonchev–Trinajstić information content (AvgIpc) is 3.08. The summed E-state index contributed by atoms with van der Waals surface area (Å²) < 4.78 is 31.2. The lowest BCUT2D eigenvalue weighted by molar-refractivity contribution is -0.139. The lowest BCUT2D eigenvalue weighted by Crippen LogP contribution is -2.47. The van der Waals surface area contributed by atoms with E-state index < -0.39 is 6.23 Å². The number of benzene rings is 4. The van der Waals surface area contributed by atoms with Crippen molar-refractivity contribution in [3.8, 4) is 28.7 Å². The molecule has 2 unspecified atom stereocenters. The van der Waals surface area contributed by atoms with Gasteiger partial charge in [0.05, 0.1) is 14.2 Å². The molecule has 7 heteroatoms. The van der Waals surface area contributed by atoms with E-state index in [-0.39, 0.29) is 11.8 Å². The summed E-state index contributed by atoms with van der Waals surface area (Å²) in [6.45, 7) is 5.07. The van der Waals surface area contributed by atoms with Crippen LogP contribution in [-0.2, 0) is 24.4 Å². The maximum Gasteiger partial charge on any atom is 0.222 e. The molecular formula is C38H43NO6. The van der Waals surface area contributed by atoms with Crippen molar-refractivity contribution in [3.63, 3.8) is 0 Å². The average molecular weight is 610 g/mol. The van der Waals surface area contributed by atoms with Crippen LogP contribution in [0.15, 0.2) is 91.0 Å². The van der Waals surface area contributed by atoms with E-state index in [1.54, 1.807) is 21.1 Å². The van der Waals surface area contributed by atoms with Crippen molar-refractivity contribution < 1.29 is 28.5 Å². The number of ether oxygens (including phenoxy) is 5. The molecule has 0 aromatic heterocycles. The fraction of sp³-hybridized carbons (Fsp3) is 0.342. The van der Waals surface area contributed by atoms with Crippen molar-refractivity contribution in [3.05, 3.63) is 113 Å². The Labute approximate surface area is 266 Å². The smallest absolute Gasteiger partial charge is 0.222 e. The van der Waals surface area contributed by atoms with Crippen LogP contribution in [0.25, 0.3) is 0 Å². The number of fused-ring (bicyclic) bond motifs is 1. The van der Waals surface area contributed by atoms with Crippen LogP contribution in [0.5, 0.6) is 28.7 Å². The molecular weight excluding hydrogens is 566 g/mol. The lowest BCUT2D eigenvalue weighted by atomic mass is 9.80. The van der Waals surface area contributed by atoms with Gasteiger partial charge >= 0.3 is 0 Å². The number of hydrogen-bond acceptors (Lipinski definition) is 6. The molecule has 1 aliphatic rings. The molecule has 4 aromatic rings. The van der Waals surface area contributed by atoms with Gasteiger partial charge in [-0.15, -0.1) is 0 Å². The van der Waals surface area contributed by atoms with Crippen molar-refractivity contribution in [1.82, 2.24) is 4.90 Å². The third-order valence-electron chi connectivity index (χ3n) is 8.21. The Bertz CT molecular complexity index is 1520. The Morgan fingerprint density at radius 2 is 1.40 bits per heavy atom. The molecule has 1 aliphatic carbocycles. The van der Waals surface area contributed by atoms with Gasteiger partial charge in [0, 0.05) is 24.9 Å². The maximum absolute atomic E-state index is 13.2. The second kappa shape index (κ2) is 15.4. The number of hydrogen-bond donors (Lipinski definition) is 0. The van der Waals surface area contributed by atoms with Crippen molar-refractivity contribution in [2.75, 3.05) is 20.8 Å². The van der Waals surface area contributed by atoms with E-state index in [0.717, 1.165) is 53.7 Å². The molecule has 0 fully saturated rings. The molecule has 4 aromatic carbocycles. The van der Waals surface area contributed by atoms with Gasteiger partial charge in [0.25, 0.3) is 0 Å². The van der Waals surface area contributed by atoms with E-state index in [9.17, 15) is 4.79 Å². The Hall–Kier alpha value is -4.65. The van der Waals surface area contributed by atoms with E-state index in [2.05, 4.69) is 37.3 Å². The second-order valence-corrected chi connectivity index (χ2v) is 11.2. The van der Waals surface area contributed by atoms with Crippen LogP contribution in [0.3, 0.4) is 0 Å². The van der Waals surface area contributed by atoms with Gasteiger partial charge in [-0.05, 0) is 60.6 Å². The highest BCUT2D eigenvalue weighted by atomic mass is 16.6. The standard InChI is InChI=1S/C38H43NO6/c1-5-24-39(27(2)40)38(45-37-33(41-3)20-13-21-34(37)42-4)32-19-12-18-31-30(32)22-23-35(43-25-28-14-8-6-9-15-28)36(31)44-26-29-16-10-7-11-17-29/h6-11,13-17,20-23,32,38H,5,12,18-19,24-26H2,1-4H3. The van der Waals surface area contributed by atoms with Crippen LogP contribution >= 0.6 is 0 Å². The Morgan fingerprint density at radius 1 is 0.778 bits per heavy atom. The summed E-state index contributed by atoms with van der Waals surface area (Å²) in [6.07, 6.45) is 2.77. The lowest BCUT2D eigenvalue weighted by Gasteiger charge is -2.40. The minimum Gasteiger partial charge on any atom is -0.493 e. The van der Waals surface area contributed by atoms with Crippen molar-refractivity contribution >= 4 is 5.91 Å². The van der Waals surface area contributed by atoms with Gasteiger partial charge < -0.3 is 28.6 Å². The molecule has 0 spiro atoms. The van der Waals surface area contributed by atoms with Gasteiger partial charge in [-0.3, -0.25) is 4.79 Å². The highest BCUT2D eigenvalue weighted by Crippen LogP contribution is 2.47. The summed E-state index contributed by atoms with van der Waals surface area (Å²) in [5, 5.41) is 0. The third-order valence-corrected chi connectivity index (χ3v) is 8.21. The zero-order valence-electron chi connectivity index (χ0n) is 26.7. The van der Waals surface area contributed by atoms with Gasteiger partial charge in [-0.25, -0.2) is 0 Å². The van der Waals surface area contributed by atoms with Crippen molar-refractivity contribution in [2.24, 2.45) is 0 Å². The quantitative estimate of drug-likeness (QED) is 0.135. The minimum atomic E-state index is -0.593. The van der Waals surface area contributed by atoms with E-state index >= 15 is 0 Å². The summed E-state index contributed by atoms with van der Waals surface area (Å²) in [5.74, 6) is 2.85. The maximum atomic E-state index is 13.2. The number of para-hydroxylation sites is 1. The molecule has 0 aliphatic heterocycles. The fourth-order valence-corrected chi connectivity index (χ4v) is 6.04. The first-order chi connectivity index (χ1) is 22.0. The molecule has 0 saturated heterocycles. The second-order valence-electron chi connectivity index (χ2n) is 11.2. The molecule has 45 heavy (non-hydrogen) atoms. The largest absolute Gasteiger partial charge is 0.493 e.